The minimum Gasteiger partial charge on any atom is -0.353 e. The molecule has 17 heavy (non-hydrogen) atoms. The van der Waals surface area contributed by atoms with E-state index in [2.05, 4.69) is 65.6 Å². The van der Waals surface area contributed by atoms with Gasteiger partial charge in [0.05, 0.1) is 0 Å². The van der Waals surface area contributed by atoms with Crippen LogP contribution in [-0.2, 0) is 20.0 Å². The molecule has 0 saturated carbocycles. The second-order valence-electron chi connectivity index (χ2n) is 4.38. The maximum absolute atomic E-state index is 3.48. The topological polar surface area (TPSA) is 17.0 Å². The van der Waals surface area contributed by atoms with Gasteiger partial charge in [0.1, 0.15) is 0 Å². The Hall–Kier alpha value is -1.54. The van der Waals surface area contributed by atoms with Crippen molar-refractivity contribution in [2.75, 3.05) is 6.54 Å². The summed E-state index contributed by atoms with van der Waals surface area (Å²) in [6, 6.07) is 14.9. The molecule has 90 valence electrons. The molecule has 0 fully saturated rings. The number of benzene rings is 1. The average Bonchev–Trinajstić information content (AvgIpc) is 2.76. The first-order chi connectivity index (χ1) is 8.36. The Balaban J connectivity index is 1.63. The first-order valence-electron chi connectivity index (χ1n) is 6.21. The van der Waals surface area contributed by atoms with E-state index in [9.17, 15) is 0 Å². The fraction of sp³-hybridized carbons (Fsp3) is 0.333. The molecule has 1 N–H and O–H groups in total. The molecule has 2 rings (SSSR count). The molecule has 0 aliphatic carbocycles. The largest absolute Gasteiger partial charge is 0.353 e. The summed E-state index contributed by atoms with van der Waals surface area (Å²) in [6.45, 7) is 2.03. The Labute approximate surface area is 103 Å². The molecule has 2 aromatic rings. The maximum Gasteiger partial charge on any atom is 0.0359 e. The van der Waals surface area contributed by atoms with Crippen molar-refractivity contribution in [3.8, 4) is 0 Å². The second kappa shape index (κ2) is 6.26. The highest BCUT2D eigenvalue weighted by molar-refractivity contribution is 5.14. The van der Waals surface area contributed by atoms with E-state index in [0.29, 0.717) is 0 Å². The monoisotopic (exact) mass is 228 g/mol. The molecule has 0 radical (unpaired) electrons. The molecule has 0 atom stereocenters. The highest BCUT2D eigenvalue weighted by atomic mass is 15.0. The van der Waals surface area contributed by atoms with Crippen LogP contribution in [0.15, 0.2) is 48.7 Å². The maximum atomic E-state index is 3.48. The van der Waals surface area contributed by atoms with Gasteiger partial charge in [0, 0.05) is 25.5 Å². The van der Waals surface area contributed by atoms with Crippen LogP contribution in [-0.4, -0.2) is 11.1 Å². The van der Waals surface area contributed by atoms with E-state index in [0.717, 1.165) is 19.5 Å². The third kappa shape index (κ3) is 3.75. The van der Waals surface area contributed by atoms with Crippen molar-refractivity contribution in [2.24, 2.45) is 7.05 Å². The van der Waals surface area contributed by atoms with Crippen molar-refractivity contribution in [1.82, 2.24) is 9.88 Å². The lowest BCUT2D eigenvalue weighted by molar-refractivity contribution is 0.625. The molecule has 2 nitrogen and oxygen atoms in total. The normalized spacial score (nSPS) is 10.6. The van der Waals surface area contributed by atoms with E-state index in [4.69, 9.17) is 0 Å². The number of aromatic nitrogens is 1. The standard InChI is InChI=1S/C15H20N2/c1-17-12-6-10-15(17)13-16-11-5-9-14-7-3-2-4-8-14/h2-4,6-8,10,12,16H,5,9,11,13H2,1H3. The van der Waals surface area contributed by atoms with Crippen LogP contribution >= 0.6 is 0 Å². The van der Waals surface area contributed by atoms with E-state index >= 15 is 0 Å². The lowest BCUT2D eigenvalue weighted by atomic mass is 10.1. The van der Waals surface area contributed by atoms with Gasteiger partial charge in [0.25, 0.3) is 0 Å². The summed E-state index contributed by atoms with van der Waals surface area (Å²) in [7, 11) is 2.08. The first-order valence-corrected chi connectivity index (χ1v) is 6.21. The molecule has 0 amide bonds. The van der Waals surface area contributed by atoms with Gasteiger partial charge in [-0.05, 0) is 37.1 Å². The van der Waals surface area contributed by atoms with Crippen molar-refractivity contribution >= 4 is 0 Å². The van der Waals surface area contributed by atoms with Gasteiger partial charge in [-0.15, -0.1) is 0 Å². The zero-order valence-electron chi connectivity index (χ0n) is 10.4. The average molecular weight is 228 g/mol. The molecule has 1 heterocycles. The van der Waals surface area contributed by atoms with E-state index in [1.54, 1.807) is 0 Å². The molecule has 0 saturated heterocycles. The predicted octanol–water partition coefficient (Wildman–Crippen LogP) is 2.75. The van der Waals surface area contributed by atoms with Crippen molar-refractivity contribution < 1.29 is 0 Å². The SMILES string of the molecule is Cn1cccc1CNCCCc1ccccc1. The molecule has 1 aromatic carbocycles. The zero-order valence-corrected chi connectivity index (χ0v) is 10.4. The lowest BCUT2D eigenvalue weighted by Gasteiger charge is -2.06. The van der Waals surface area contributed by atoms with Gasteiger partial charge >= 0.3 is 0 Å². The third-order valence-corrected chi connectivity index (χ3v) is 3.02. The zero-order chi connectivity index (χ0) is 11.9. The van der Waals surface area contributed by atoms with Crippen LogP contribution in [0.2, 0.25) is 0 Å². The Morgan fingerprint density at radius 1 is 1.06 bits per heavy atom. The predicted molar refractivity (Wildman–Crippen MR) is 71.9 cm³/mol. The summed E-state index contributed by atoms with van der Waals surface area (Å²) in [4.78, 5) is 0. The Kier molecular flexibility index (Phi) is 4.39. The number of aryl methyl sites for hydroxylation is 2. The highest BCUT2D eigenvalue weighted by Crippen LogP contribution is 2.02. The summed E-state index contributed by atoms with van der Waals surface area (Å²) in [5.74, 6) is 0. The summed E-state index contributed by atoms with van der Waals surface area (Å²) in [5.41, 5.74) is 2.76. The minimum atomic E-state index is 0.957. The fourth-order valence-electron chi connectivity index (χ4n) is 1.96. The smallest absolute Gasteiger partial charge is 0.0359 e. The number of rotatable bonds is 6. The Morgan fingerprint density at radius 2 is 1.88 bits per heavy atom. The van der Waals surface area contributed by atoms with Gasteiger partial charge in [-0.3, -0.25) is 0 Å². The van der Waals surface area contributed by atoms with Crippen LogP contribution in [0.5, 0.6) is 0 Å². The van der Waals surface area contributed by atoms with Gasteiger partial charge in [-0.25, -0.2) is 0 Å². The van der Waals surface area contributed by atoms with Crippen molar-refractivity contribution in [3.05, 3.63) is 59.9 Å². The second-order valence-corrected chi connectivity index (χ2v) is 4.38. The summed E-state index contributed by atoms with van der Waals surface area (Å²) in [5, 5.41) is 3.48. The van der Waals surface area contributed by atoms with Crippen LogP contribution in [0.4, 0.5) is 0 Å². The van der Waals surface area contributed by atoms with Gasteiger partial charge < -0.3 is 9.88 Å². The molecular weight excluding hydrogens is 208 g/mol. The fourth-order valence-corrected chi connectivity index (χ4v) is 1.96. The van der Waals surface area contributed by atoms with E-state index in [-0.39, 0.29) is 0 Å². The van der Waals surface area contributed by atoms with E-state index < -0.39 is 0 Å². The molecule has 0 bridgehead atoms. The molecular formula is C15H20N2. The van der Waals surface area contributed by atoms with Gasteiger partial charge in [0.2, 0.25) is 0 Å². The van der Waals surface area contributed by atoms with Crippen LogP contribution < -0.4 is 5.32 Å². The Bertz CT molecular complexity index is 431. The van der Waals surface area contributed by atoms with Crippen molar-refractivity contribution in [2.45, 2.75) is 19.4 Å². The number of hydrogen-bond donors (Lipinski definition) is 1. The minimum absolute atomic E-state index is 0.957. The first kappa shape index (κ1) is 11.9. The third-order valence-electron chi connectivity index (χ3n) is 3.02. The summed E-state index contributed by atoms with van der Waals surface area (Å²) in [6.07, 6.45) is 4.43. The van der Waals surface area contributed by atoms with Crippen LogP contribution in [0, 0.1) is 0 Å². The van der Waals surface area contributed by atoms with Gasteiger partial charge in [0.15, 0.2) is 0 Å². The van der Waals surface area contributed by atoms with E-state index in [1.807, 2.05) is 0 Å². The molecule has 0 spiro atoms. The van der Waals surface area contributed by atoms with Crippen molar-refractivity contribution in [1.29, 1.82) is 0 Å². The van der Waals surface area contributed by atoms with Crippen LogP contribution in [0.3, 0.4) is 0 Å². The lowest BCUT2D eigenvalue weighted by Crippen LogP contribution is -2.17. The van der Waals surface area contributed by atoms with Crippen LogP contribution in [0.25, 0.3) is 0 Å². The molecule has 0 aliphatic heterocycles. The van der Waals surface area contributed by atoms with Crippen LogP contribution in [0.1, 0.15) is 17.7 Å². The quantitative estimate of drug-likeness (QED) is 0.752. The van der Waals surface area contributed by atoms with Gasteiger partial charge in [-0.1, -0.05) is 30.3 Å². The van der Waals surface area contributed by atoms with Gasteiger partial charge in [-0.2, -0.15) is 0 Å². The summed E-state index contributed by atoms with van der Waals surface area (Å²) >= 11 is 0. The number of nitrogens with one attached hydrogen (secondary N) is 1. The van der Waals surface area contributed by atoms with Crippen molar-refractivity contribution in [3.63, 3.8) is 0 Å². The molecule has 2 heteroatoms. The highest BCUT2D eigenvalue weighted by Gasteiger charge is 1.96. The van der Waals surface area contributed by atoms with E-state index in [1.165, 1.54) is 17.7 Å². The molecule has 0 aliphatic rings. The summed E-state index contributed by atoms with van der Waals surface area (Å²) < 4.78 is 2.16. The molecule has 0 unspecified atom stereocenters. The molecule has 1 aromatic heterocycles. The number of hydrogen-bond acceptors (Lipinski definition) is 1. The number of nitrogens with zero attached hydrogens (tertiary/aromatic N) is 1. The Morgan fingerprint density at radius 3 is 2.59 bits per heavy atom.